The van der Waals surface area contributed by atoms with Crippen molar-refractivity contribution in [2.75, 3.05) is 13.1 Å². The zero-order valence-electron chi connectivity index (χ0n) is 10.5. The Bertz CT molecular complexity index is 400. The minimum absolute atomic E-state index is 0. The van der Waals surface area contributed by atoms with E-state index in [1.807, 2.05) is 4.90 Å². The van der Waals surface area contributed by atoms with E-state index in [0.717, 1.165) is 0 Å². The molecule has 0 bridgehead atoms. The van der Waals surface area contributed by atoms with Crippen molar-refractivity contribution in [1.29, 1.82) is 0 Å². The Hall–Kier alpha value is -1.13. The van der Waals surface area contributed by atoms with Gasteiger partial charge >= 0.3 is 0 Å². The molecule has 0 spiro atoms. The van der Waals surface area contributed by atoms with Gasteiger partial charge in [-0.05, 0) is 38.1 Å². The average molecular weight is 273 g/mol. The molecule has 1 aromatic carbocycles. The van der Waals surface area contributed by atoms with Gasteiger partial charge < -0.3 is 10.2 Å². The molecule has 1 fully saturated rings. The Morgan fingerprint density at radius 2 is 1.72 bits per heavy atom. The smallest absolute Gasteiger partial charge is 0.253 e. The average Bonchev–Trinajstić information content (AvgIpc) is 2.28. The summed E-state index contributed by atoms with van der Waals surface area (Å²) in [6, 6.07) is 6.31. The van der Waals surface area contributed by atoms with E-state index in [9.17, 15) is 9.18 Å². The van der Waals surface area contributed by atoms with E-state index in [1.165, 1.54) is 24.3 Å². The largest absolute Gasteiger partial charge is 0.336 e. The van der Waals surface area contributed by atoms with Crippen LogP contribution in [0.1, 0.15) is 24.2 Å². The summed E-state index contributed by atoms with van der Waals surface area (Å²) in [6.45, 7) is 5.50. The minimum Gasteiger partial charge on any atom is -0.336 e. The van der Waals surface area contributed by atoms with Gasteiger partial charge in [0.2, 0.25) is 0 Å². The number of carbonyl (C=O) groups is 1. The van der Waals surface area contributed by atoms with E-state index in [2.05, 4.69) is 19.2 Å². The van der Waals surface area contributed by atoms with Crippen LogP contribution >= 0.6 is 12.4 Å². The van der Waals surface area contributed by atoms with Crippen molar-refractivity contribution in [3.05, 3.63) is 35.6 Å². The van der Waals surface area contributed by atoms with E-state index in [1.54, 1.807) is 0 Å². The monoisotopic (exact) mass is 272 g/mol. The van der Waals surface area contributed by atoms with Crippen LogP contribution in [0.25, 0.3) is 0 Å². The molecule has 1 N–H and O–H groups in total. The molecule has 1 aliphatic rings. The first-order valence-corrected chi connectivity index (χ1v) is 5.87. The van der Waals surface area contributed by atoms with E-state index in [-0.39, 0.29) is 24.1 Å². The minimum atomic E-state index is -0.316. The van der Waals surface area contributed by atoms with Gasteiger partial charge in [-0.3, -0.25) is 4.79 Å². The predicted octanol–water partition coefficient (Wildman–Crippen LogP) is 2.07. The summed E-state index contributed by atoms with van der Waals surface area (Å²) >= 11 is 0. The van der Waals surface area contributed by atoms with Gasteiger partial charge in [0.05, 0.1) is 0 Å². The fraction of sp³-hybridized carbons (Fsp3) is 0.462. The number of piperazine rings is 1. The van der Waals surface area contributed by atoms with Gasteiger partial charge in [0.15, 0.2) is 0 Å². The molecule has 1 saturated heterocycles. The molecule has 3 nitrogen and oxygen atoms in total. The molecule has 1 aromatic rings. The Balaban J connectivity index is 0.00000162. The van der Waals surface area contributed by atoms with Gasteiger partial charge in [-0.1, -0.05) is 0 Å². The zero-order valence-corrected chi connectivity index (χ0v) is 11.3. The van der Waals surface area contributed by atoms with E-state index in [4.69, 9.17) is 0 Å². The molecule has 1 aliphatic heterocycles. The van der Waals surface area contributed by atoms with Gasteiger partial charge in [0.25, 0.3) is 5.91 Å². The highest BCUT2D eigenvalue weighted by molar-refractivity contribution is 5.94. The second kappa shape index (κ2) is 6.16. The van der Waals surface area contributed by atoms with Gasteiger partial charge in [-0.2, -0.15) is 0 Å². The number of amides is 1. The molecule has 0 radical (unpaired) electrons. The van der Waals surface area contributed by atoms with Crippen LogP contribution in [-0.2, 0) is 0 Å². The van der Waals surface area contributed by atoms with Crippen molar-refractivity contribution in [1.82, 2.24) is 10.2 Å². The Morgan fingerprint density at radius 3 is 2.22 bits per heavy atom. The van der Waals surface area contributed by atoms with E-state index >= 15 is 0 Å². The first-order chi connectivity index (χ1) is 8.06. The number of hydrogen-bond donors (Lipinski definition) is 1. The number of rotatable bonds is 1. The maximum absolute atomic E-state index is 12.8. The fourth-order valence-electron chi connectivity index (χ4n) is 2.27. The molecule has 1 amide bonds. The first kappa shape index (κ1) is 14.9. The highest BCUT2D eigenvalue weighted by atomic mass is 35.5. The molecule has 5 heteroatoms. The Labute approximate surface area is 113 Å². The standard InChI is InChI=1S/C13H17FN2O.ClH/c1-9-7-16(8-10(2)15-9)13(17)11-3-5-12(14)6-4-11;/h3-6,9-10,15H,7-8H2,1-2H3;1H. The van der Waals surface area contributed by atoms with Crippen molar-refractivity contribution < 1.29 is 9.18 Å². The number of hydrogen-bond acceptors (Lipinski definition) is 2. The summed E-state index contributed by atoms with van der Waals surface area (Å²) in [7, 11) is 0. The van der Waals surface area contributed by atoms with Crippen molar-refractivity contribution in [2.24, 2.45) is 0 Å². The van der Waals surface area contributed by atoms with Crippen LogP contribution in [0.15, 0.2) is 24.3 Å². The third-order valence-corrected chi connectivity index (χ3v) is 2.94. The molecule has 100 valence electrons. The Kier molecular flexibility index (Phi) is 5.11. The summed E-state index contributed by atoms with van der Waals surface area (Å²) < 4.78 is 12.8. The molecule has 2 rings (SSSR count). The van der Waals surface area contributed by atoms with E-state index < -0.39 is 0 Å². The summed E-state index contributed by atoms with van der Waals surface area (Å²) in [4.78, 5) is 14.0. The summed E-state index contributed by atoms with van der Waals surface area (Å²) in [5.74, 6) is -0.339. The number of benzene rings is 1. The molecule has 18 heavy (non-hydrogen) atoms. The van der Waals surface area contributed by atoms with Crippen LogP contribution in [0.4, 0.5) is 4.39 Å². The maximum atomic E-state index is 12.8. The second-order valence-electron chi connectivity index (χ2n) is 4.69. The fourth-order valence-corrected chi connectivity index (χ4v) is 2.27. The van der Waals surface area contributed by atoms with Crippen LogP contribution in [0.5, 0.6) is 0 Å². The van der Waals surface area contributed by atoms with Crippen molar-refractivity contribution in [3.8, 4) is 0 Å². The van der Waals surface area contributed by atoms with Crippen molar-refractivity contribution in [3.63, 3.8) is 0 Å². The normalized spacial score (nSPS) is 23.4. The highest BCUT2D eigenvalue weighted by Crippen LogP contribution is 2.11. The lowest BCUT2D eigenvalue weighted by molar-refractivity contribution is 0.0674. The van der Waals surface area contributed by atoms with Crippen LogP contribution in [-0.4, -0.2) is 36.0 Å². The summed E-state index contributed by atoms with van der Waals surface area (Å²) in [6.07, 6.45) is 0. The topological polar surface area (TPSA) is 32.3 Å². The Morgan fingerprint density at radius 1 is 1.22 bits per heavy atom. The highest BCUT2D eigenvalue weighted by Gasteiger charge is 2.25. The maximum Gasteiger partial charge on any atom is 0.253 e. The predicted molar refractivity (Wildman–Crippen MR) is 71.6 cm³/mol. The summed E-state index contributed by atoms with van der Waals surface area (Å²) in [5.41, 5.74) is 0.549. The van der Waals surface area contributed by atoms with Gasteiger partial charge in [0.1, 0.15) is 5.82 Å². The first-order valence-electron chi connectivity index (χ1n) is 5.87. The van der Waals surface area contributed by atoms with Crippen molar-refractivity contribution in [2.45, 2.75) is 25.9 Å². The SMILES string of the molecule is CC1CN(C(=O)c2ccc(F)cc2)CC(C)N1.Cl. The molecular weight excluding hydrogens is 255 g/mol. The quantitative estimate of drug-likeness (QED) is 0.849. The van der Waals surface area contributed by atoms with Gasteiger partial charge in [-0.25, -0.2) is 4.39 Å². The van der Waals surface area contributed by atoms with Crippen molar-refractivity contribution >= 4 is 18.3 Å². The molecule has 1 heterocycles. The van der Waals surface area contributed by atoms with Crippen LogP contribution in [0.2, 0.25) is 0 Å². The molecule has 0 saturated carbocycles. The third kappa shape index (κ3) is 3.43. The molecule has 2 atom stereocenters. The number of nitrogens with zero attached hydrogens (tertiary/aromatic N) is 1. The van der Waals surface area contributed by atoms with Gasteiger partial charge in [0, 0.05) is 30.7 Å². The second-order valence-corrected chi connectivity index (χ2v) is 4.69. The van der Waals surface area contributed by atoms with E-state index in [0.29, 0.717) is 30.7 Å². The molecule has 2 unspecified atom stereocenters. The lowest BCUT2D eigenvalue weighted by Gasteiger charge is -2.36. The summed E-state index contributed by atoms with van der Waals surface area (Å²) in [5, 5.41) is 3.37. The molecular formula is C13H18ClFN2O. The third-order valence-electron chi connectivity index (χ3n) is 2.94. The number of halogens is 2. The molecule has 0 aromatic heterocycles. The number of carbonyl (C=O) groups excluding carboxylic acids is 1. The van der Waals surface area contributed by atoms with Crippen LogP contribution in [0, 0.1) is 5.82 Å². The number of nitrogens with one attached hydrogen (secondary N) is 1. The van der Waals surface area contributed by atoms with Gasteiger partial charge in [-0.15, -0.1) is 12.4 Å². The van der Waals surface area contributed by atoms with Crippen LogP contribution < -0.4 is 5.32 Å². The van der Waals surface area contributed by atoms with Crippen LogP contribution in [0.3, 0.4) is 0 Å². The molecule has 0 aliphatic carbocycles. The zero-order chi connectivity index (χ0) is 12.4. The lowest BCUT2D eigenvalue weighted by atomic mass is 10.1. The lowest BCUT2D eigenvalue weighted by Crippen LogP contribution is -2.55.